The number of carbonyl (C=O) groups is 1. The minimum Gasteiger partial charge on any atom is -0.489 e. The molecule has 5 nitrogen and oxygen atoms in total. The molecule has 0 unspecified atom stereocenters. The Morgan fingerprint density at radius 2 is 1.72 bits per heavy atom. The van der Waals surface area contributed by atoms with Gasteiger partial charge in [0.1, 0.15) is 5.58 Å². The van der Waals surface area contributed by atoms with Crippen molar-refractivity contribution in [1.29, 1.82) is 0 Å². The Bertz CT molecular complexity index is 747. The van der Waals surface area contributed by atoms with Crippen LogP contribution in [0.25, 0.3) is 11.0 Å². The number of carbonyl (C=O) groups excluding carboxylic acids is 1. The van der Waals surface area contributed by atoms with Gasteiger partial charge in [0, 0.05) is 6.42 Å². The highest BCUT2D eigenvalue weighted by Crippen LogP contribution is 2.33. The Hall–Kier alpha value is -2.30. The third-order valence-corrected chi connectivity index (χ3v) is 3.97. The van der Waals surface area contributed by atoms with Crippen LogP contribution >= 0.6 is 0 Å². The molecular weight excluding hydrogens is 320 g/mol. The quantitative estimate of drug-likeness (QED) is 0.349. The highest BCUT2D eigenvalue weighted by Gasteiger charge is 2.19. The van der Waals surface area contributed by atoms with E-state index in [1.165, 1.54) is 25.7 Å². The van der Waals surface area contributed by atoms with Gasteiger partial charge in [-0.25, -0.2) is 4.79 Å². The highest BCUT2D eigenvalue weighted by atomic mass is 16.6. The second-order valence-corrected chi connectivity index (χ2v) is 5.99. The number of esters is 1. The number of hydrogen-bond donors (Lipinski definition) is 0. The molecule has 0 atom stereocenters. The molecule has 0 aliphatic carbocycles. The first kappa shape index (κ1) is 19.0. The number of hydrogen-bond acceptors (Lipinski definition) is 5. The minimum atomic E-state index is -0.696. The summed E-state index contributed by atoms with van der Waals surface area (Å²) in [5.74, 6) is -0.356. The fraction of sp³-hybridized carbons (Fsp3) is 0.500. The summed E-state index contributed by atoms with van der Waals surface area (Å²) in [5, 5.41) is 0.631. The van der Waals surface area contributed by atoms with Crippen molar-refractivity contribution in [3.8, 4) is 11.5 Å². The van der Waals surface area contributed by atoms with Crippen molar-refractivity contribution in [2.45, 2.75) is 58.8 Å². The second kappa shape index (κ2) is 9.87. The fourth-order valence-corrected chi connectivity index (χ4v) is 2.58. The summed E-state index contributed by atoms with van der Waals surface area (Å²) in [6.07, 6.45) is 7.00. The van der Waals surface area contributed by atoms with Gasteiger partial charge in [0.05, 0.1) is 12.0 Å². The maximum Gasteiger partial charge on any atom is 0.383 e. The number of fused-ring (bicyclic) bond motifs is 1. The van der Waals surface area contributed by atoms with Crippen LogP contribution in [0.3, 0.4) is 0 Å². The van der Waals surface area contributed by atoms with Gasteiger partial charge in [-0.2, -0.15) is 0 Å². The smallest absolute Gasteiger partial charge is 0.383 e. The molecular formula is C20H26O5. The molecule has 2 rings (SSSR count). The Labute approximate surface area is 147 Å². The van der Waals surface area contributed by atoms with Crippen LogP contribution in [0.4, 0.5) is 0 Å². The molecule has 0 bridgehead atoms. The number of unbranched alkanes of at least 4 members (excludes halogenated alkanes) is 5. The van der Waals surface area contributed by atoms with E-state index in [0.29, 0.717) is 23.3 Å². The van der Waals surface area contributed by atoms with Gasteiger partial charge in [0.25, 0.3) is 5.75 Å². The van der Waals surface area contributed by atoms with Crippen LogP contribution in [0.5, 0.6) is 11.5 Å². The topological polar surface area (TPSA) is 65.7 Å². The first-order valence-corrected chi connectivity index (χ1v) is 9.06. The standard InChI is InChI=1S/C20H26O5/c1-3-5-6-7-8-11-14-23-18-15-12-9-10-13-16(15)24-20(22)19(18)25-17(21)4-2/h9-10,12-13H,3-8,11,14H2,1-2H3. The highest BCUT2D eigenvalue weighted by molar-refractivity contribution is 5.86. The van der Waals surface area contributed by atoms with E-state index < -0.39 is 11.6 Å². The molecule has 1 aromatic heterocycles. The fourth-order valence-electron chi connectivity index (χ4n) is 2.58. The van der Waals surface area contributed by atoms with Gasteiger partial charge in [-0.1, -0.05) is 58.1 Å². The number of rotatable bonds is 10. The molecule has 1 aromatic carbocycles. The lowest BCUT2D eigenvalue weighted by Crippen LogP contribution is -2.15. The van der Waals surface area contributed by atoms with Gasteiger partial charge in [-0.15, -0.1) is 0 Å². The van der Waals surface area contributed by atoms with E-state index in [4.69, 9.17) is 13.9 Å². The second-order valence-electron chi connectivity index (χ2n) is 5.99. The summed E-state index contributed by atoms with van der Waals surface area (Å²) in [7, 11) is 0. The van der Waals surface area contributed by atoms with E-state index in [-0.39, 0.29) is 12.2 Å². The molecule has 0 N–H and O–H groups in total. The zero-order valence-corrected chi connectivity index (χ0v) is 15.0. The van der Waals surface area contributed by atoms with E-state index in [2.05, 4.69) is 6.92 Å². The predicted octanol–water partition coefficient (Wildman–Crippen LogP) is 4.85. The zero-order chi connectivity index (χ0) is 18.1. The lowest BCUT2D eigenvalue weighted by molar-refractivity contribution is -0.134. The largest absolute Gasteiger partial charge is 0.489 e. The summed E-state index contributed by atoms with van der Waals surface area (Å²) >= 11 is 0. The molecule has 0 fully saturated rings. The van der Waals surface area contributed by atoms with Crippen LogP contribution in [0.15, 0.2) is 33.5 Å². The Balaban J connectivity index is 2.15. The lowest BCUT2D eigenvalue weighted by atomic mass is 10.1. The van der Waals surface area contributed by atoms with Crippen LogP contribution in [-0.4, -0.2) is 12.6 Å². The first-order valence-electron chi connectivity index (χ1n) is 9.06. The van der Waals surface area contributed by atoms with Gasteiger partial charge >= 0.3 is 11.6 Å². The molecule has 0 saturated heterocycles. The van der Waals surface area contributed by atoms with Crippen LogP contribution in [-0.2, 0) is 4.79 Å². The lowest BCUT2D eigenvalue weighted by Gasteiger charge is -2.12. The van der Waals surface area contributed by atoms with E-state index in [1.54, 1.807) is 25.1 Å². The van der Waals surface area contributed by atoms with Crippen molar-refractivity contribution in [3.05, 3.63) is 34.7 Å². The molecule has 0 aliphatic rings. The summed E-state index contributed by atoms with van der Waals surface area (Å²) in [5.41, 5.74) is -0.278. The molecule has 0 aliphatic heterocycles. The molecule has 1 heterocycles. The maximum atomic E-state index is 12.2. The summed E-state index contributed by atoms with van der Waals surface area (Å²) in [6.45, 7) is 4.33. The molecule has 5 heteroatoms. The van der Waals surface area contributed by atoms with Crippen LogP contribution in [0.2, 0.25) is 0 Å². The molecule has 0 spiro atoms. The van der Waals surface area contributed by atoms with Gasteiger partial charge < -0.3 is 13.9 Å². The number of ether oxygens (including phenoxy) is 2. The first-order chi connectivity index (χ1) is 12.2. The average molecular weight is 346 g/mol. The number of para-hydroxylation sites is 1. The molecule has 136 valence electrons. The van der Waals surface area contributed by atoms with E-state index in [9.17, 15) is 9.59 Å². The molecule has 0 radical (unpaired) electrons. The predicted molar refractivity (Wildman–Crippen MR) is 97.3 cm³/mol. The van der Waals surface area contributed by atoms with E-state index >= 15 is 0 Å². The summed E-state index contributed by atoms with van der Waals surface area (Å²) in [4.78, 5) is 23.8. The van der Waals surface area contributed by atoms with Crippen molar-refractivity contribution < 1.29 is 18.7 Å². The molecule has 0 saturated carbocycles. The van der Waals surface area contributed by atoms with Crippen molar-refractivity contribution in [2.24, 2.45) is 0 Å². The van der Waals surface area contributed by atoms with Crippen LogP contribution < -0.4 is 15.1 Å². The molecule has 0 amide bonds. The minimum absolute atomic E-state index is 0.156. The monoisotopic (exact) mass is 346 g/mol. The summed E-state index contributed by atoms with van der Waals surface area (Å²) < 4.78 is 16.3. The van der Waals surface area contributed by atoms with Gasteiger partial charge in [-0.3, -0.25) is 4.79 Å². The zero-order valence-electron chi connectivity index (χ0n) is 15.0. The van der Waals surface area contributed by atoms with Crippen molar-refractivity contribution in [1.82, 2.24) is 0 Å². The maximum absolute atomic E-state index is 12.2. The average Bonchev–Trinajstić information content (AvgIpc) is 2.62. The van der Waals surface area contributed by atoms with Crippen LogP contribution in [0, 0.1) is 0 Å². The third-order valence-electron chi connectivity index (χ3n) is 3.97. The Kier molecular flexibility index (Phi) is 7.51. The van der Waals surface area contributed by atoms with Gasteiger partial charge in [-0.05, 0) is 18.6 Å². The van der Waals surface area contributed by atoms with Gasteiger partial charge in [0.2, 0.25) is 0 Å². The Morgan fingerprint density at radius 3 is 2.48 bits per heavy atom. The molecule has 2 aromatic rings. The van der Waals surface area contributed by atoms with Gasteiger partial charge in [0.15, 0.2) is 5.75 Å². The molecule has 25 heavy (non-hydrogen) atoms. The third kappa shape index (κ3) is 5.34. The normalized spacial score (nSPS) is 10.8. The Morgan fingerprint density at radius 1 is 1.00 bits per heavy atom. The van der Waals surface area contributed by atoms with Crippen molar-refractivity contribution in [2.75, 3.05) is 6.61 Å². The van der Waals surface area contributed by atoms with E-state index in [1.807, 2.05) is 6.07 Å². The number of benzene rings is 1. The van der Waals surface area contributed by atoms with Crippen molar-refractivity contribution in [3.63, 3.8) is 0 Å². The summed E-state index contributed by atoms with van der Waals surface area (Å²) in [6, 6.07) is 7.09. The SMILES string of the molecule is CCCCCCCCOc1c(OC(=O)CC)c(=O)oc2ccccc12. The van der Waals surface area contributed by atoms with E-state index in [0.717, 1.165) is 12.8 Å². The van der Waals surface area contributed by atoms with Crippen LogP contribution in [0.1, 0.15) is 58.8 Å². The van der Waals surface area contributed by atoms with Crippen molar-refractivity contribution >= 4 is 16.9 Å².